The molecule has 2 nitrogen and oxygen atoms in total. The molecule has 1 unspecified atom stereocenters. The summed E-state index contributed by atoms with van der Waals surface area (Å²) in [6.45, 7) is 2.11. The molecule has 0 radical (unpaired) electrons. The van der Waals surface area contributed by atoms with Crippen LogP contribution >= 0.6 is 15.9 Å². The number of hydrogen-bond donors (Lipinski definition) is 1. The molecule has 96 valence electrons. The van der Waals surface area contributed by atoms with E-state index in [9.17, 15) is 8.78 Å². The van der Waals surface area contributed by atoms with Crippen LogP contribution in [0, 0.1) is 11.6 Å². The molecule has 2 rings (SSSR count). The van der Waals surface area contributed by atoms with Crippen LogP contribution in [0.2, 0.25) is 0 Å². The van der Waals surface area contributed by atoms with Gasteiger partial charge in [0.2, 0.25) is 0 Å². The van der Waals surface area contributed by atoms with Gasteiger partial charge in [0.1, 0.15) is 17.4 Å². The quantitative estimate of drug-likeness (QED) is 0.916. The van der Waals surface area contributed by atoms with E-state index in [0.29, 0.717) is 17.0 Å². The Morgan fingerprint density at radius 1 is 1.22 bits per heavy atom. The summed E-state index contributed by atoms with van der Waals surface area (Å²) in [4.78, 5) is 0. The van der Waals surface area contributed by atoms with Crippen molar-refractivity contribution in [3.05, 3.63) is 58.0 Å². The monoisotopic (exact) mass is 315 g/mol. The van der Waals surface area contributed by atoms with Crippen LogP contribution in [-0.2, 0) is 6.54 Å². The first kappa shape index (κ1) is 13.2. The second-order valence-electron chi connectivity index (χ2n) is 3.94. The largest absolute Gasteiger partial charge is 0.453 e. The van der Waals surface area contributed by atoms with Crippen LogP contribution < -0.4 is 5.32 Å². The maximum absolute atomic E-state index is 13.5. The highest BCUT2D eigenvalue weighted by atomic mass is 79.9. The van der Waals surface area contributed by atoms with Gasteiger partial charge >= 0.3 is 0 Å². The molecule has 1 aromatic heterocycles. The zero-order chi connectivity index (χ0) is 13.1. The van der Waals surface area contributed by atoms with Crippen LogP contribution in [0.5, 0.6) is 0 Å². The molecule has 0 aliphatic heterocycles. The third kappa shape index (κ3) is 2.97. The molecule has 0 saturated carbocycles. The van der Waals surface area contributed by atoms with E-state index in [0.717, 1.165) is 0 Å². The number of rotatable bonds is 4. The van der Waals surface area contributed by atoms with Gasteiger partial charge in [-0.25, -0.2) is 8.78 Å². The lowest BCUT2D eigenvalue weighted by molar-refractivity contribution is 0.431. The third-order valence-corrected chi connectivity index (χ3v) is 3.07. The maximum Gasteiger partial charge on any atom is 0.169 e. The maximum atomic E-state index is 13.5. The van der Waals surface area contributed by atoms with Gasteiger partial charge < -0.3 is 9.73 Å². The summed E-state index contributed by atoms with van der Waals surface area (Å²) in [7, 11) is 0. The van der Waals surface area contributed by atoms with E-state index in [4.69, 9.17) is 4.42 Å². The van der Waals surface area contributed by atoms with E-state index >= 15 is 0 Å². The number of hydrogen-bond acceptors (Lipinski definition) is 2. The average molecular weight is 316 g/mol. The molecule has 18 heavy (non-hydrogen) atoms. The zero-order valence-corrected chi connectivity index (χ0v) is 11.3. The number of halogens is 3. The number of nitrogens with one attached hydrogen (secondary N) is 1. The molecule has 5 heteroatoms. The van der Waals surface area contributed by atoms with E-state index < -0.39 is 17.7 Å². The summed E-state index contributed by atoms with van der Waals surface area (Å²) in [6.07, 6.45) is 0. The van der Waals surface area contributed by atoms with Crippen molar-refractivity contribution in [3.8, 4) is 0 Å². The number of benzene rings is 1. The SMILES string of the molecule is CC(NCc1ccc(Br)o1)c1c(F)cccc1F. The first-order chi connectivity index (χ1) is 8.58. The van der Waals surface area contributed by atoms with Crippen molar-refractivity contribution in [2.24, 2.45) is 0 Å². The summed E-state index contributed by atoms with van der Waals surface area (Å²) in [5.74, 6) is -0.392. The van der Waals surface area contributed by atoms with Gasteiger partial charge in [-0.2, -0.15) is 0 Å². The lowest BCUT2D eigenvalue weighted by atomic mass is 10.1. The standard InChI is InChI=1S/C13H12BrF2NO/c1-8(13-10(15)3-2-4-11(13)16)17-7-9-5-6-12(14)18-9/h2-6,8,17H,7H2,1H3. The molecule has 0 fully saturated rings. The molecular formula is C13H12BrF2NO. The number of furan rings is 1. The Kier molecular flexibility index (Phi) is 4.14. The van der Waals surface area contributed by atoms with Crippen molar-refractivity contribution in [2.45, 2.75) is 19.5 Å². The summed E-state index contributed by atoms with van der Waals surface area (Å²) in [5.41, 5.74) is 0.0446. The van der Waals surface area contributed by atoms with Gasteiger partial charge in [-0.05, 0) is 47.1 Å². The molecule has 0 aliphatic rings. The zero-order valence-electron chi connectivity index (χ0n) is 9.71. The van der Waals surface area contributed by atoms with Gasteiger partial charge in [-0.1, -0.05) is 6.07 Å². The first-order valence-electron chi connectivity index (χ1n) is 5.49. The highest BCUT2D eigenvalue weighted by Gasteiger charge is 2.15. The molecule has 2 aromatic rings. The fourth-order valence-electron chi connectivity index (χ4n) is 1.73. The molecule has 0 amide bonds. The van der Waals surface area contributed by atoms with Crippen molar-refractivity contribution < 1.29 is 13.2 Å². The Morgan fingerprint density at radius 3 is 2.44 bits per heavy atom. The molecule has 0 saturated heterocycles. The minimum absolute atomic E-state index is 0.0446. The minimum Gasteiger partial charge on any atom is -0.453 e. The van der Waals surface area contributed by atoms with E-state index in [2.05, 4.69) is 21.2 Å². The molecule has 1 aromatic carbocycles. The predicted octanol–water partition coefficient (Wildman–Crippen LogP) is 4.17. The van der Waals surface area contributed by atoms with Crippen LogP contribution in [0.25, 0.3) is 0 Å². The van der Waals surface area contributed by atoms with E-state index in [1.54, 1.807) is 19.1 Å². The topological polar surface area (TPSA) is 25.2 Å². The highest BCUT2D eigenvalue weighted by Crippen LogP contribution is 2.21. The average Bonchev–Trinajstić information content (AvgIpc) is 2.72. The van der Waals surface area contributed by atoms with Gasteiger partial charge in [0, 0.05) is 11.6 Å². The fourth-order valence-corrected chi connectivity index (χ4v) is 2.07. The minimum atomic E-state index is -0.546. The Balaban J connectivity index is 2.06. The van der Waals surface area contributed by atoms with Crippen molar-refractivity contribution in [1.82, 2.24) is 5.32 Å². The van der Waals surface area contributed by atoms with E-state index in [1.165, 1.54) is 18.2 Å². The van der Waals surface area contributed by atoms with Gasteiger partial charge in [0.25, 0.3) is 0 Å². The van der Waals surface area contributed by atoms with E-state index in [-0.39, 0.29) is 5.56 Å². The Morgan fingerprint density at radius 2 is 1.89 bits per heavy atom. The second kappa shape index (κ2) is 5.63. The van der Waals surface area contributed by atoms with Crippen LogP contribution in [0.1, 0.15) is 24.3 Å². The van der Waals surface area contributed by atoms with E-state index in [1.807, 2.05) is 0 Å². The van der Waals surface area contributed by atoms with Gasteiger partial charge in [0.05, 0.1) is 6.54 Å². The Bertz CT molecular complexity index is 521. The summed E-state index contributed by atoms with van der Waals surface area (Å²) < 4.78 is 33.0. The molecule has 0 bridgehead atoms. The molecule has 0 spiro atoms. The van der Waals surface area contributed by atoms with Crippen molar-refractivity contribution in [3.63, 3.8) is 0 Å². The lowest BCUT2D eigenvalue weighted by Crippen LogP contribution is -2.20. The highest BCUT2D eigenvalue weighted by molar-refractivity contribution is 9.10. The normalized spacial score (nSPS) is 12.7. The second-order valence-corrected chi connectivity index (χ2v) is 4.73. The summed E-state index contributed by atoms with van der Waals surface area (Å²) in [5, 5.41) is 3.02. The van der Waals surface area contributed by atoms with Gasteiger partial charge in [0.15, 0.2) is 4.67 Å². The van der Waals surface area contributed by atoms with Crippen LogP contribution in [-0.4, -0.2) is 0 Å². The molecule has 0 aliphatic carbocycles. The molecule has 1 atom stereocenters. The van der Waals surface area contributed by atoms with Crippen molar-refractivity contribution in [1.29, 1.82) is 0 Å². The Labute approximate surface area is 112 Å². The first-order valence-corrected chi connectivity index (χ1v) is 6.28. The molecule has 1 N–H and O–H groups in total. The van der Waals surface area contributed by atoms with Gasteiger partial charge in [-0.15, -0.1) is 0 Å². The smallest absolute Gasteiger partial charge is 0.169 e. The predicted molar refractivity (Wildman–Crippen MR) is 68.0 cm³/mol. The van der Waals surface area contributed by atoms with Crippen molar-refractivity contribution >= 4 is 15.9 Å². The molecule has 1 heterocycles. The van der Waals surface area contributed by atoms with Crippen LogP contribution in [0.3, 0.4) is 0 Å². The van der Waals surface area contributed by atoms with Crippen LogP contribution in [0.4, 0.5) is 8.78 Å². The summed E-state index contributed by atoms with van der Waals surface area (Å²) >= 11 is 3.19. The Hall–Kier alpha value is -1.20. The van der Waals surface area contributed by atoms with Crippen LogP contribution in [0.15, 0.2) is 39.4 Å². The molecular weight excluding hydrogens is 304 g/mol. The summed E-state index contributed by atoms with van der Waals surface area (Å²) in [6, 6.07) is 6.98. The van der Waals surface area contributed by atoms with Crippen molar-refractivity contribution in [2.75, 3.05) is 0 Å². The lowest BCUT2D eigenvalue weighted by Gasteiger charge is -2.14. The third-order valence-electron chi connectivity index (χ3n) is 2.64. The van der Waals surface area contributed by atoms with Gasteiger partial charge in [-0.3, -0.25) is 0 Å². The fraction of sp³-hybridized carbons (Fsp3) is 0.231.